The number of hydrogen-bond donors (Lipinski definition) is 0. The molecular formula is C21H23BrN2O2S. The molecule has 0 radical (unpaired) electrons. The molecule has 3 rings (SSSR count). The van der Waals surface area contributed by atoms with E-state index < -0.39 is 0 Å². The van der Waals surface area contributed by atoms with Gasteiger partial charge >= 0.3 is 0 Å². The Labute approximate surface area is 171 Å². The molecule has 0 aliphatic rings. The number of carbonyl (C=O) groups excluding carboxylic acids is 1. The van der Waals surface area contributed by atoms with E-state index in [-0.39, 0.29) is 5.91 Å². The predicted molar refractivity (Wildman–Crippen MR) is 115 cm³/mol. The Morgan fingerprint density at radius 2 is 2.04 bits per heavy atom. The van der Waals surface area contributed by atoms with Gasteiger partial charge in [-0.2, -0.15) is 4.99 Å². The molecule has 6 heteroatoms. The standard InChI is InChI=1S/C21H23BrN2O2S/c1-3-5-6-12-26-17-9-7-8-15(13-17)20(25)23-21-24(4-2)18-11-10-16(22)14-19(18)27-21/h7-11,13-14H,3-6,12H2,1-2H3. The number of thiazole rings is 1. The van der Waals surface area contributed by atoms with Crippen LogP contribution >= 0.6 is 27.3 Å². The van der Waals surface area contributed by atoms with E-state index in [0.29, 0.717) is 17.0 Å². The summed E-state index contributed by atoms with van der Waals surface area (Å²) in [7, 11) is 0. The third kappa shape index (κ3) is 4.87. The Morgan fingerprint density at radius 3 is 2.81 bits per heavy atom. The molecule has 0 saturated heterocycles. The summed E-state index contributed by atoms with van der Waals surface area (Å²) in [6, 6.07) is 13.4. The molecule has 0 N–H and O–H groups in total. The minimum atomic E-state index is -0.248. The van der Waals surface area contributed by atoms with Crippen molar-refractivity contribution in [2.24, 2.45) is 4.99 Å². The normalized spacial score (nSPS) is 11.9. The average molecular weight is 447 g/mol. The van der Waals surface area contributed by atoms with Crippen LogP contribution in [0.4, 0.5) is 0 Å². The van der Waals surface area contributed by atoms with Crippen molar-refractivity contribution < 1.29 is 9.53 Å². The maximum Gasteiger partial charge on any atom is 0.279 e. The van der Waals surface area contributed by atoms with E-state index in [9.17, 15) is 4.79 Å². The molecule has 0 spiro atoms. The highest BCUT2D eigenvalue weighted by molar-refractivity contribution is 9.10. The van der Waals surface area contributed by atoms with E-state index in [1.165, 1.54) is 11.3 Å². The number of nitrogens with zero attached hydrogens (tertiary/aromatic N) is 2. The molecule has 3 aromatic rings. The van der Waals surface area contributed by atoms with Crippen LogP contribution in [-0.2, 0) is 6.54 Å². The number of aromatic nitrogens is 1. The van der Waals surface area contributed by atoms with Gasteiger partial charge in [0, 0.05) is 16.6 Å². The number of ether oxygens (including phenoxy) is 1. The first-order valence-electron chi connectivity index (χ1n) is 9.23. The molecule has 1 aromatic heterocycles. The lowest BCUT2D eigenvalue weighted by Crippen LogP contribution is -2.15. The van der Waals surface area contributed by atoms with Crippen molar-refractivity contribution in [3.63, 3.8) is 0 Å². The van der Waals surface area contributed by atoms with E-state index in [4.69, 9.17) is 4.74 Å². The van der Waals surface area contributed by atoms with Crippen LogP contribution in [0.25, 0.3) is 10.2 Å². The van der Waals surface area contributed by atoms with Gasteiger partial charge < -0.3 is 9.30 Å². The summed E-state index contributed by atoms with van der Waals surface area (Å²) in [5, 5.41) is 0. The lowest BCUT2D eigenvalue weighted by Gasteiger charge is -2.06. The van der Waals surface area contributed by atoms with Crippen LogP contribution in [0.2, 0.25) is 0 Å². The Kier molecular flexibility index (Phi) is 6.85. The van der Waals surface area contributed by atoms with Crippen LogP contribution in [0.3, 0.4) is 0 Å². The summed E-state index contributed by atoms with van der Waals surface area (Å²) in [6.07, 6.45) is 3.32. The van der Waals surface area contributed by atoms with Crippen LogP contribution < -0.4 is 9.54 Å². The molecule has 1 heterocycles. The quantitative estimate of drug-likeness (QED) is 0.430. The lowest BCUT2D eigenvalue weighted by atomic mass is 10.2. The second kappa shape index (κ2) is 9.33. The highest BCUT2D eigenvalue weighted by atomic mass is 79.9. The Morgan fingerprint density at radius 1 is 1.19 bits per heavy atom. The van der Waals surface area contributed by atoms with Gasteiger partial charge in [0.1, 0.15) is 5.75 Å². The number of rotatable bonds is 7. The van der Waals surface area contributed by atoms with Crippen molar-refractivity contribution in [2.75, 3.05) is 6.61 Å². The van der Waals surface area contributed by atoms with Crippen LogP contribution in [0.1, 0.15) is 43.5 Å². The lowest BCUT2D eigenvalue weighted by molar-refractivity contribution is 0.0997. The number of halogens is 1. The van der Waals surface area contributed by atoms with Gasteiger partial charge in [0.05, 0.1) is 16.8 Å². The number of carbonyl (C=O) groups is 1. The fourth-order valence-corrected chi connectivity index (χ4v) is 4.49. The van der Waals surface area contributed by atoms with E-state index in [0.717, 1.165) is 46.2 Å². The van der Waals surface area contributed by atoms with Gasteiger partial charge in [-0.05, 0) is 49.7 Å². The Balaban J connectivity index is 1.87. The minimum absolute atomic E-state index is 0.248. The third-order valence-electron chi connectivity index (χ3n) is 4.26. The summed E-state index contributed by atoms with van der Waals surface area (Å²) in [5.41, 5.74) is 1.63. The second-order valence-electron chi connectivity index (χ2n) is 6.24. The van der Waals surface area contributed by atoms with Gasteiger partial charge in [0.25, 0.3) is 5.91 Å². The third-order valence-corrected chi connectivity index (χ3v) is 5.79. The number of benzene rings is 2. The average Bonchev–Trinajstić information content (AvgIpc) is 3.01. The van der Waals surface area contributed by atoms with Crippen molar-refractivity contribution in [2.45, 2.75) is 39.7 Å². The molecule has 27 heavy (non-hydrogen) atoms. The largest absolute Gasteiger partial charge is 0.494 e. The molecule has 0 saturated carbocycles. The number of fused-ring (bicyclic) bond motifs is 1. The summed E-state index contributed by atoms with van der Waals surface area (Å²) in [6.45, 7) is 5.65. The molecule has 0 bridgehead atoms. The first-order chi connectivity index (χ1) is 13.1. The van der Waals surface area contributed by atoms with Crippen LogP contribution in [-0.4, -0.2) is 17.1 Å². The minimum Gasteiger partial charge on any atom is -0.494 e. The van der Waals surface area contributed by atoms with Crippen molar-refractivity contribution in [3.05, 3.63) is 57.3 Å². The maximum atomic E-state index is 12.7. The van der Waals surface area contributed by atoms with Crippen molar-refractivity contribution in [3.8, 4) is 5.75 Å². The topological polar surface area (TPSA) is 43.6 Å². The molecule has 0 aliphatic carbocycles. The molecule has 1 amide bonds. The van der Waals surface area contributed by atoms with E-state index in [1.807, 2.05) is 24.3 Å². The zero-order valence-corrected chi connectivity index (χ0v) is 18.0. The Bertz CT molecular complexity index is 1010. The fourth-order valence-electron chi connectivity index (χ4n) is 2.85. The molecule has 0 atom stereocenters. The van der Waals surface area contributed by atoms with Crippen LogP contribution in [0, 0.1) is 0 Å². The first kappa shape index (κ1) is 19.8. The van der Waals surface area contributed by atoms with E-state index >= 15 is 0 Å². The highest BCUT2D eigenvalue weighted by Crippen LogP contribution is 2.22. The van der Waals surface area contributed by atoms with Crippen LogP contribution in [0.15, 0.2) is 51.9 Å². The van der Waals surface area contributed by atoms with E-state index in [2.05, 4.69) is 45.4 Å². The fraction of sp³-hybridized carbons (Fsp3) is 0.333. The zero-order chi connectivity index (χ0) is 19.2. The number of aryl methyl sites for hydroxylation is 1. The predicted octanol–water partition coefficient (Wildman–Crippen LogP) is 5.80. The maximum absolute atomic E-state index is 12.7. The van der Waals surface area contributed by atoms with E-state index in [1.54, 1.807) is 12.1 Å². The van der Waals surface area contributed by atoms with Gasteiger partial charge in [0.2, 0.25) is 0 Å². The summed E-state index contributed by atoms with van der Waals surface area (Å²) in [5.74, 6) is 0.470. The molecular weight excluding hydrogens is 424 g/mol. The summed E-state index contributed by atoms with van der Waals surface area (Å²) in [4.78, 5) is 17.8. The van der Waals surface area contributed by atoms with Gasteiger partial charge in [-0.15, -0.1) is 0 Å². The smallest absolute Gasteiger partial charge is 0.279 e. The molecule has 0 aliphatic heterocycles. The van der Waals surface area contributed by atoms with Crippen molar-refractivity contribution in [1.29, 1.82) is 0 Å². The number of unbranched alkanes of at least 4 members (excludes halogenated alkanes) is 2. The van der Waals surface area contributed by atoms with Crippen molar-refractivity contribution in [1.82, 2.24) is 4.57 Å². The monoisotopic (exact) mass is 446 g/mol. The molecule has 0 fully saturated rings. The Hall–Kier alpha value is -1.92. The summed E-state index contributed by atoms with van der Waals surface area (Å²) >= 11 is 5.02. The molecule has 0 unspecified atom stereocenters. The number of hydrogen-bond acceptors (Lipinski definition) is 3. The van der Waals surface area contributed by atoms with Crippen molar-refractivity contribution >= 4 is 43.4 Å². The number of amides is 1. The summed E-state index contributed by atoms with van der Waals surface area (Å²) < 4.78 is 9.94. The van der Waals surface area contributed by atoms with Gasteiger partial charge in [-0.25, -0.2) is 0 Å². The molecule has 2 aromatic carbocycles. The first-order valence-corrected chi connectivity index (χ1v) is 10.8. The molecule has 4 nitrogen and oxygen atoms in total. The highest BCUT2D eigenvalue weighted by Gasteiger charge is 2.09. The zero-order valence-electron chi connectivity index (χ0n) is 15.6. The SMILES string of the molecule is CCCCCOc1cccc(C(=O)N=c2sc3cc(Br)ccc3n2CC)c1. The van der Waals surface area contributed by atoms with Gasteiger partial charge in [-0.1, -0.05) is 53.1 Å². The van der Waals surface area contributed by atoms with Crippen LogP contribution in [0.5, 0.6) is 5.75 Å². The van der Waals surface area contributed by atoms with Gasteiger partial charge in [-0.3, -0.25) is 4.79 Å². The van der Waals surface area contributed by atoms with Gasteiger partial charge in [0.15, 0.2) is 4.80 Å². The second-order valence-corrected chi connectivity index (χ2v) is 8.17. The molecule has 142 valence electrons.